The van der Waals surface area contributed by atoms with Crippen molar-refractivity contribution in [2.75, 3.05) is 7.11 Å². The van der Waals surface area contributed by atoms with Crippen LogP contribution in [0.2, 0.25) is 0 Å². The normalized spacial score (nSPS) is 10.4. The molecule has 0 radical (unpaired) electrons. The summed E-state index contributed by atoms with van der Waals surface area (Å²) >= 11 is 0. The summed E-state index contributed by atoms with van der Waals surface area (Å²) in [6.07, 6.45) is 1.38. The molecular formula is C20H22O5. The Labute approximate surface area is 147 Å². The van der Waals surface area contributed by atoms with Crippen molar-refractivity contribution in [1.29, 1.82) is 0 Å². The zero-order chi connectivity index (χ0) is 18.4. The first-order valence-corrected chi connectivity index (χ1v) is 8.14. The number of esters is 1. The van der Waals surface area contributed by atoms with Gasteiger partial charge in [0.1, 0.15) is 18.1 Å². The molecule has 2 aromatic rings. The maximum absolute atomic E-state index is 11.8. The number of hydrogen-bond donors (Lipinski definition) is 1. The molecule has 25 heavy (non-hydrogen) atoms. The lowest BCUT2D eigenvalue weighted by Gasteiger charge is -2.15. The summed E-state index contributed by atoms with van der Waals surface area (Å²) in [4.78, 5) is 23.4. The first-order chi connectivity index (χ1) is 12.0. The SMILES string of the molecule is CCCc1c(OCc2ccccc2C(=O)OC)ccc(C(C)=O)c1O. The molecule has 0 bridgehead atoms. The van der Waals surface area contributed by atoms with Crippen LogP contribution in [-0.2, 0) is 17.8 Å². The molecule has 0 aromatic heterocycles. The standard InChI is InChI=1S/C20H22O5/c1-4-7-17-18(11-10-15(13(2)21)19(17)22)25-12-14-8-5-6-9-16(14)20(23)24-3/h5-6,8-11,22H,4,7,12H2,1-3H3. The Hall–Kier alpha value is -2.82. The topological polar surface area (TPSA) is 72.8 Å². The molecule has 5 heteroatoms. The van der Waals surface area contributed by atoms with E-state index in [1.54, 1.807) is 30.3 Å². The Morgan fingerprint density at radius 2 is 1.80 bits per heavy atom. The fraction of sp³-hybridized carbons (Fsp3) is 0.300. The second-order valence-corrected chi connectivity index (χ2v) is 5.68. The number of ether oxygens (including phenoxy) is 2. The van der Waals surface area contributed by atoms with Crippen molar-refractivity contribution < 1.29 is 24.2 Å². The fourth-order valence-corrected chi connectivity index (χ4v) is 2.64. The van der Waals surface area contributed by atoms with Crippen molar-refractivity contribution in [2.24, 2.45) is 0 Å². The third kappa shape index (κ3) is 4.18. The Bertz CT molecular complexity index is 780. The number of carbonyl (C=O) groups is 2. The maximum Gasteiger partial charge on any atom is 0.338 e. The zero-order valence-corrected chi connectivity index (χ0v) is 14.7. The summed E-state index contributed by atoms with van der Waals surface area (Å²) < 4.78 is 10.6. The molecule has 0 saturated carbocycles. The van der Waals surface area contributed by atoms with Gasteiger partial charge in [-0.1, -0.05) is 31.5 Å². The molecule has 0 aliphatic carbocycles. The Morgan fingerprint density at radius 1 is 1.08 bits per heavy atom. The number of phenolic OH excluding ortho intramolecular Hbond substituents is 1. The summed E-state index contributed by atoms with van der Waals surface area (Å²) in [5.41, 5.74) is 2.01. The molecule has 2 aromatic carbocycles. The van der Waals surface area contributed by atoms with Crippen LogP contribution in [0.25, 0.3) is 0 Å². The van der Waals surface area contributed by atoms with Gasteiger partial charge in [-0.05, 0) is 31.5 Å². The number of rotatable bonds is 7. The number of ketones is 1. The van der Waals surface area contributed by atoms with Crippen molar-refractivity contribution >= 4 is 11.8 Å². The van der Waals surface area contributed by atoms with E-state index in [4.69, 9.17) is 9.47 Å². The van der Waals surface area contributed by atoms with Gasteiger partial charge in [0.25, 0.3) is 0 Å². The van der Waals surface area contributed by atoms with E-state index < -0.39 is 5.97 Å². The van der Waals surface area contributed by atoms with Gasteiger partial charge in [-0.15, -0.1) is 0 Å². The van der Waals surface area contributed by atoms with E-state index in [-0.39, 0.29) is 23.7 Å². The molecule has 132 valence electrons. The van der Waals surface area contributed by atoms with Crippen LogP contribution in [0, 0.1) is 0 Å². The smallest absolute Gasteiger partial charge is 0.338 e. The summed E-state index contributed by atoms with van der Waals surface area (Å²) in [6, 6.07) is 10.3. The van der Waals surface area contributed by atoms with E-state index in [1.165, 1.54) is 14.0 Å². The molecule has 0 aliphatic rings. The molecule has 5 nitrogen and oxygen atoms in total. The second kappa shape index (κ2) is 8.33. The van der Waals surface area contributed by atoms with Crippen LogP contribution in [0.3, 0.4) is 0 Å². The Morgan fingerprint density at radius 3 is 2.44 bits per heavy atom. The van der Waals surface area contributed by atoms with Crippen LogP contribution in [0.5, 0.6) is 11.5 Å². The molecule has 0 aliphatic heterocycles. The van der Waals surface area contributed by atoms with Gasteiger partial charge in [0, 0.05) is 11.1 Å². The summed E-state index contributed by atoms with van der Waals surface area (Å²) in [5.74, 6) is -0.155. The molecule has 1 N–H and O–H groups in total. The lowest BCUT2D eigenvalue weighted by Crippen LogP contribution is -2.08. The lowest BCUT2D eigenvalue weighted by molar-refractivity contribution is 0.0597. The minimum absolute atomic E-state index is 0.0342. The molecule has 0 atom stereocenters. The van der Waals surface area contributed by atoms with E-state index in [2.05, 4.69) is 0 Å². The average molecular weight is 342 g/mol. The van der Waals surface area contributed by atoms with Crippen molar-refractivity contribution in [1.82, 2.24) is 0 Å². The molecule has 0 heterocycles. The number of benzene rings is 2. The summed E-state index contributed by atoms with van der Waals surface area (Å²) in [6.45, 7) is 3.55. The van der Waals surface area contributed by atoms with Gasteiger partial charge < -0.3 is 14.6 Å². The van der Waals surface area contributed by atoms with Crippen LogP contribution < -0.4 is 4.74 Å². The first-order valence-electron chi connectivity index (χ1n) is 8.14. The van der Waals surface area contributed by atoms with Crippen molar-refractivity contribution in [2.45, 2.75) is 33.3 Å². The average Bonchev–Trinajstić information content (AvgIpc) is 2.61. The van der Waals surface area contributed by atoms with Crippen LogP contribution in [-0.4, -0.2) is 24.0 Å². The number of hydrogen-bond acceptors (Lipinski definition) is 5. The third-order valence-electron chi connectivity index (χ3n) is 3.92. The predicted molar refractivity (Wildman–Crippen MR) is 94.2 cm³/mol. The number of carbonyl (C=O) groups excluding carboxylic acids is 2. The molecule has 0 spiro atoms. The van der Waals surface area contributed by atoms with Gasteiger partial charge in [-0.2, -0.15) is 0 Å². The summed E-state index contributed by atoms with van der Waals surface area (Å²) in [5, 5.41) is 10.4. The van der Waals surface area contributed by atoms with Gasteiger partial charge in [0.15, 0.2) is 5.78 Å². The maximum atomic E-state index is 11.8. The monoisotopic (exact) mass is 342 g/mol. The lowest BCUT2D eigenvalue weighted by atomic mass is 10.0. The van der Waals surface area contributed by atoms with Gasteiger partial charge in [-0.3, -0.25) is 4.79 Å². The Balaban J connectivity index is 2.31. The molecule has 0 amide bonds. The third-order valence-corrected chi connectivity index (χ3v) is 3.92. The molecule has 0 saturated heterocycles. The number of phenols is 1. The van der Waals surface area contributed by atoms with Crippen molar-refractivity contribution in [3.63, 3.8) is 0 Å². The van der Waals surface area contributed by atoms with Crippen LogP contribution in [0.1, 0.15) is 52.1 Å². The fourth-order valence-electron chi connectivity index (χ4n) is 2.64. The predicted octanol–water partition coefficient (Wildman–Crippen LogP) is 3.91. The van der Waals surface area contributed by atoms with E-state index in [0.717, 1.165) is 6.42 Å². The molecule has 0 fully saturated rings. The van der Waals surface area contributed by atoms with Crippen LogP contribution in [0.4, 0.5) is 0 Å². The minimum Gasteiger partial charge on any atom is -0.507 e. The zero-order valence-electron chi connectivity index (χ0n) is 14.7. The highest BCUT2D eigenvalue weighted by molar-refractivity contribution is 5.97. The van der Waals surface area contributed by atoms with Gasteiger partial charge in [-0.25, -0.2) is 4.79 Å². The quantitative estimate of drug-likeness (QED) is 0.610. The van der Waals surface area contributed by atoms with Gasteiger partial charge >= 0.3 is 5.97 Å². The van der Waals surface area contributed by atoms with E-state index in [0.29, 0.717) is 28.9 Å². The summed E-state index contributed by atoms with van der Waals surface area (Å²) in [7, 11) is 1.33. The number of methoxy groups -OCH3 is 1. The van der Waals surface area contributed by atoms with E-state index >= 15 is 0 Å². The van der Waals surface area contributed by atoms with Crippen molar-refractivity contribution in [3.8, 4) is 11.5 Å². The highest BCUT2D eigenvalue weighted by Crippen LogP contribution is 2.33. The van der Waals surface area contributed by atoms with Crippen LogP contribution in [0.15, 0.2) is 36.4 Å². The van der Waals surface area contributed by atoms with E-state index in [9.17, 15) is 14.7 Å². The number of Topliss-reactive ketones (excluding diaryl/α,β-unsaturated/α-hetero) is 1. The highest BCUT2D eigenvalue weighted by atomic mass is 16.5. The molecular weight excluding hydrogens is 320 g/mol. The number of aromatic hydroxyl groups is 1. The molecule has 2 rings (SSSR count). The molecule has 0 unspecified atom stereocenters. The second-order valence-electron chi connectivity index (χ2n) is 5.68. The minimum atomic E-state index is -0.428. The van der Waals surface area contributed by atoms with Gasteiger partial charge in [0.2, 0.25) is 0 Å². The van der Waals surface area contributed by atoms with Crippen molar-refractivity contribution in [3.05, 3.63) is 58.7 Å². The first kappa shape index (κ1) is 18.5. The van der Waals surface area contributed by atoms with Crippen LogP contribution >= 0.6 is 0 Å². The van der Waals surface area contributed by atoms with Gasteiger partial charge in [0.05, 0.1) is 18.2 Å². The highest BCUT2D eigenvalue weighted by Gasteiger charge is 2.17. The van der Waals surface area contributed by atoms with E-state index in [1.807, 2.05) is 13.0 Å². The largest absolute Gasteiger partial charge is 0.507 e. The Kier molecular flexibility index (Phi) is 6.17.